The maximum absolute atomic E-state index is 10.8. The molecule has 2 N–H and O–H groups in total. The van der Waals surface area contributed by atoms with Crippen molar-refractivity contribution in [2.75, 3.05) is 26.3 Å². The standard InChI is InChI=1S/C7H11NO3/c1-2-7(11)8(3-5-9)4-6-10/h1,9-10H,3-6H2. The second-order valence-electron chi connectivity index (χ2n) is 1.88. The van der Waals surface area contributed by atoms with E-state index >= 15 is 0 Å². The van der Waals surface area contributed by atoms with Crippen LogP contribution in [0.3, 0.4) is 0 Å². The lowest BCUT2D eigenvalue weighted by Gasteiger charge is -2.16. The third kappa shape index (κ3) is 3.61. The number of hydrogen-bond donors (Lipinski definition) is 2. The van der Waals surface area contributed by atoms with Gasteiger partial charge in [-0.3, -0.25) is 4.79 Å². The topological polar surface area (TPSA) is 60.8 Å². The molecule has 4 heteroatoms. The van der Waals surface area contributed by atoms with Crippen molar-refractivity contribution >= 4 is 5.91 Å². The molecule has 0 saturated carbocycles. The van der Waals surface area contributed by atoms with E-state index < -0.39 is 5.91 Å². The first-order valence-electron chi connectivity index (χ1n) is 3.23. The summed E-state index contributed by atoms with van der Waals surface area (Å²) in [4.78, 5) is 12.0. The second-order valence-corrected chi connectivity index (χ2v) is 1.88. The monoisotopic (exact) mass is 157 g/mol. The molecular formula is C7H11NO3. The van der Waals surface area contributed by atoms with Gasteiger partial charge < -0.3 is 15.1 Å². The summed E-state index contributed by atoms with van der Waals surface area (Å²) in [5, 5.41) is 16.9. The van der Waals surface area contributed by atoms with Crippen LogP contribution >= 0.6 is 0 Å². The summed E-state index contributed by atoms with van der Waals surface area (Å²) in [5.74, 6) is 1.39. The largest absolute Gasteiger partial charge is 0.395 e. The van der Waals surface area contributed by atoms with Gasteiger partial charge in [0.2, 0.25) is 0 Å². The molecule has 0 aromatic rings. The van der Waals surface area contributed by atoms with Crippen molar-refractivity contribution in [2.45, 2.75) is 0 Å². The SMILES string of the molecule is C#CC(=O)N(CCO)CCO. The van der Waals surface area contributed by atoms with Crippen LogP contribution in [0.5, 0.6) is 0 Å². The lowest BCUT2D eigenvalue weighted by Crippen LogP contribution is -2.34. The van der Waals surface area contributed by atoms with Crippen LogP contribution in [0.4, 0.5) is 0 Å². The van der Waals surface area contributed by atoms with Crippen molar-refractivity contribution in [1.82, 2.24) is 4.90 Å². The molecule has 4 nitrogen and oxygen atoms in total. The van der Waals surface area contributed by atoms with E-state index in [0.717, 1.165) is 0 Å². The zero-order valence-electron chi connectivity index (χ0n) is 6.16. The van der Waals surface area contributed by atoms with Gasteiger partial charge in [-0.1, -0.05) is 0 Å². The molecule has 0 aliphatic rings. The summed E-state index contributed by atoms with van der Waals surface area (Å²) >= 11 is 0. The molecule has 0 heterocycles. The molecule has 0 bridgehead atoms. The maximum atomic E-state index is 10.8. The Morgan fingerprint density at radius 1 is 1.36 bits per heavy atom. The average Bonchev–Trinajstić information content (AvgIpc) is 2.03. The maximum Gasteiger partial charge on any atom is 0.298 e. The summed E-state index contributed by atoms with van der Waals surface area (Å²) < 4.78 is 0. The highest BCUT2D eigenvalue weighted by molar-refractivity contribution is 5.92. The molecule has 0 aliphatic heterocycles. The van der Waals surface area contributed by atoms with Crippen LogP contribution in [-0.2, 0) is 4.79 Å². The fourth-order valence-corrected chi connectivity index (χ4v) is 0.648. The van der Waals surface area contributed by atoms with Crippen LogP contribution in [0.25, 0.3) is 0 Å². The highest BCUT2D eigenvalue weighted by Crippen LogP contribution is 1.86. The van der Waals surface area contributed by atoms with Gasteiger partial charge in [-0.25, -0.2) is 0 Å². The molecule has 1 amide bonds. The Bertz CT molecular complexity index is 156. The first-order chi connectivity index (χ1) is 5.26. The fourth-order valence-electron chi connectivity index (χ4n) is 0.648. The predicted molar refractivity (Wildman–Crippen MR) is 39.6 cm³/mol. The molecule has 0 atom stereocenters. The second kappa shape index (κ2) is 5.71. The predicted octanol–water partition coefficient (Wildman–Crippen LogP) is -1.57. The lowest BCUT2D eigenvalue weighted by molar-refractivity contribution is -0.126. The number of aliphatic hydroxyl groups excluding tert-OH is 2. The van der Waals surface area contributed by atoms with Gasteiger partial charge in [-0.05, 0) is 5.92 Å². The van der Waals surface area contributed by atoms with E-state index in [1.54, 1.807) is 0 Å². The van der Waals surface area contributed by atoms with Gasteiger partial charge >= 0.3 is 0 Å². The van der Waals surface area contributed by atoms with Crippen LogP contribution < -0.4 is 0 Å². The third-order valence-corrected chi connectivity index (χ3v) is 1.15. The smallest absolute Gasteiger partial charge is 0.298 e. The van der Waals surface area contributed by atoms with Crippen LogP contribution in [-0.4, -0.2) is 47.3 Å². The number of terminal acetylenes is 1. The molecule has 0 aliphatic carbocycles. The first-order valence-corrected chi connectivity index (χ1v) is 3.23. The summed E-state index contributed by atoms with van der Waals surface area (Å²) in [6, 6.07) is 0. The van der Waals surface area contributed by atoms with Gasteiger partial charge in [0.05, 0.1) is 13.2 Å². The Morgan fingerprint density at radius 2 is 1.82 bits per heavy atom. The fraction of sp³-hybridized carbons (Fsp3) is 0.571. The highest BCUT2D eigenvalue weighted by atomic mass is 16.3. The first kappa shape index (κ1) is 9.95. The number of nitrogens with zero attached hydrogens (tertiary/aromatic N) is 1. The van der Waals surface area contributed by atoms with Crippen molar-refractivity contribution in [3.05, 3.63) is 0 Å². The molecule has 0 saturated heterocycles. The molecule has 11 heavy (non-hydrogen) atoms. The van der Waals surface area contributed by atoms with Gasteiger partial charge in [0.15, 0.2) is 0 Å². The number of carbonyl (C=O) groups is 1. The zero-order chi connectivity index (χ0) is 8.69. The molecule has 0 unspecified atom stereocenters. The molecular weight excluding hydrogens is 146 g/mol. The number of carbonyl (C=O) groups excluding carboxylic acids is 1. The minimum Gasteiger partial charge on any atom is -0.395 e. The summed E-state index contributed by atoms with van der Waals surface area (Å²) in [6.45, 7) is 0.0496. The Hall–Kier alpha value is -1.05. The normalized spacial score (nSPS) is 8.82. The van der Waals surface area contributed by atoms with E-state index in [0.29, 0.717) is 0 Å². The summed E-state index contributed by atoms with van der Waals surface area (Å²) in [5.41, 5.74) is 0. The van der Waals surface area contributed by atoms with Gasteiger partial charge in [-0.2, -0.15) is 0 Å². The Morgan fingerprint density at radius 3 is 2.09 bits per heavy atom. The summed E-state index contributed by atoms with van der Waals surface area (Å²) in [7, 11) is 0. The number of amides is 1. The van der Waals surface area contributed by atoms with E-state index in [1.165, 1.54) is 4.90 Å². The van der Waals surface area contributed by atoms with Crippen molar-refractivity contribution < 1.29 is 15.0 Å². The molecule has 0 fully saturated rings. The van der Waals surface area contributed by atoms with Gasteiger partial charge in [-0.15, -0.1) is 6.42 Å². The molecule has 0 radical (unpaired) electrons. The highest BCUT2D eigenvalue weighted by Gasteiger charge is 2.07. The number of hydrogen-bond acceptors (Lipinski definition) is 3. The van der Waals surface area contributed by atoms with Gasteiger partial charge in [0, 0.05) is 13.1 Å². The van der Waals surface area contributed by atoms with E-state index in [9.17, 15) is 4.79 Å². The van der Waals surface area contributed by atoms with Crippen molar-refractivity contribution in [2.24, 2.45) is 0 Å². The van der Waals surface area contributed by atoms with E-state index in [-0.39, 0.29) is 26.3 Å². The molecule has 0 aromatic carbocycles. The van der Waals surface area contributed by atoms with Gasteiger partial charge in [0.1, 0.15) is 0 Å². The quantitative estimate of drug-likeness (QED) is 0.485. The molecule has 62 valence electrons. The van der Waals surface area contributed by atoms with Crippen LogP contribution in [0.1, 0.15) is 0 Å². The van der Waals surface area contributed by atoms with Crippen LogP contribution in [0, 0.1) is 12.3 Å². The Kier molecular flexibility index (Phi) is 5.17. The van der Waals surface area contributed by atoms with Crippen molar-refractivity contribution in [3.8, 4) is 12.3 Å². The van der Waals surface area contributed by atoms with Gasteiger partial charge in [0.25, 0.3) is 5.91 Å². The van der Waals surface area contributed by atoms with Crippen molar-refractivity contribution in [1.29, 1.82) is 0 Å². The third-order valence-electron chi connectivity index (χ3n) is 1.15. The number of rotatable bonds is 4. The van der Waals surface area contributed by atoms with E-state index in [4.69, 9.17) is 16.6 Å². The van der Waals surface area contributed by atoms with Crippen LogP contribution in [0.2, 0.25) is 0 Å². The Labute approximate surface area is 65.4 Å². The minimum absolute atomic E-state index is 0.145. The molecule has 0 aromatic heterocycles. The van der Waals surface area contributed by atoms with Crippen LogP contribution in [0.15, 0.2) is 0 Å². The van der Waals surface area contributed by atoms with E-state index in [1.807, 2.05) is 5.92 Å². The number of aliphatic hydroxyl groups is 2. The molecule has 0 rings (SSSR count). The average molecular weight is 157 g/mol. The van der Waals surface area contributed by atoms with E-state index in [2.05, 4.69) is 0 Å². The van der Waals surface area contributed by atoms with Crippen molar-refractivity contribution in [3.63, 3.8) is 0 Å². The lowest BCUT2D eigenvalue weighted by atomic mass is 10.4. The zero-order valence-corrected chi connectivity index (χ0v) is 6.16. The minimum atomic E-state index is -0.506. The Balaban J connectivity index is 3.89. The summed E-state index contributed by atoms with van der Waals surface area (Å²) in [6.07, 6.45) is 4.83. The molecule has 0 spiro atoms.